The molecule has 0 saturated heterocycles. The number of benzene rings is 3. The Morgan fingerprint density at radius 2 is 1.64 bits per heavy atom. The van der Waals surface area contributed by atoms with Gasteiger partial charge in [0.1, 0.15) is 24.2 Å². The van der Waals surface area contributed by atoms with E-state index in [9.17, 15) is 15.0 Å². The van der Waals surface area contributed by atoms with E-state index in [1.807, 2.05) is 60.4 Å². The average molecular weight is 513 g/mol. The number of nitrogens with two attached hydrogens (primary N) is 1. The molecule has 36 heavy (non-hydrogen) atoms. The van der Waals surface area contributed by atoms with Gasteiger partial charge >= 0.3 is 0 Å². The topological polar surface area (TPSA) is 105 Å². The number of aliphatic hydroxyl groups excluding tert-OH is 2. The summed E-state index contributed by atoms with van der Waals surface area (Å²) in [5, 5.41) is 22.2. The molecule has 3 aromatic carbocycles. The van der Waals surface area contributed by atoms with Crippen molar-refractivity contribution in [3.05, 3.63) is 95.0 Å². The third-order valence-electron chi connectivity index (χ3n) is 5.73. The van der Waals surface area contributed by atoms with Crippen molar-refractivity contribution in [3.63, 3.8) is 0 Å². The third-order valence-corrected chi connectivity index (χ3v) is 5.97. The molecule has 8 heteroatoms. The van der Waals surface area contributed by atoms with E-state index in [1.165, 1.54) is 0 Å². The van der Waals surface area contributed by atoms with Crippen LogP contribution in [0.15, 0.2) is 78.9 Å². The first-order chi connectivity index (χ1) is 17.3. The second-order valence-corrected chi connectivity index (χ2v) is 9.19. The Morgan fingerprint density at radius 3 is 2.31 bits per heavy atom. The van der Waals surface area contributed by atoms with Crippen molar-refractivity contribution in [1.29, 1.82) is 0 Å². The molecule has 0 fully saturated rings. The van der Waals surface area contributed by atoms with Crippen LogP contribution in [-0.4, -0.2) is 59.5 Å². The van der Waals surface area contributed by atoms with Crippen molar-refractivity contribution in [2.24, 2.45) is 5.73 Å². The van der Waals surface area contributed by atoms with Crippen LogP contribution in [0.3, 0.4) is 0 Å². The smallest absolute Gasteiger partial charge is 0.255 e. The number of primary amides is 1. The fraction of sp³-hybridized carbons (Fsp3) is 0.321. The molecule has 3 atom stereocenters. The Bertz CT molecular complexity index is 1080. The summed E-state index contributed by atoms with van der Waals surface area (Å²) in [7, 11) is 0. The lowest BCUT2D eigenvalue weighted by Gasteiger charge is -2.33. The van der Waals surface area contributed by atoms with Crippen LogP contribution in [0, 0.1) is 0 Å². The van der Waals surface area contributed by atoms with Gasteiger partial charge in [0, 0.05) is 24.2 Å². The predicted molar refractivity (Wildman–Crippen MR) is 140 cm³/mol. The van der Waals surface area contributed by atoms with Gasteiger partial charge < -0.3 is 25.4 Å². The van der Waals surface area contributed by atoms with Gasteiger partial charge in [-0.25, -0.2) is 0 Å². The zero-order valence-electron chi connectivity index (χ0n) is 20.3. The number of ether oxygens (including phenoxy) is 2. The van der Waals surface area contributed by atoms with Crippen molar-refractivity contribution in [2.45, 2.75) is 31.6 Å². The number of carbonyl (C=O) groups is 1. The van der Waals surface area contributed by atoms with E-state index >= 15 is 0 Å². The summed E-state index contributed by atoms with van der Waals surface area (Å²) >= 11 is 6.11. The van der Waals surface area contributed by atoms with Gasteiger partial charge in [-0.3, -0.25) is 9.69 Å². The quantitative estimate of drug-likeness (QED) is 0.305. The molecule has 0 unspecified atom stereocenters. The van der Waals surface area contributed by atoms with Crippen molar-refractivity contribution in [3.8, 4) is 11.5 Å². The molecule has 0 spiro atoms. The second-order valence-electron chi connectivity index (χ2n) is 8.75. The van der Waals surface area contributed by atoms with E-state index in [2.05, 4.69) is 0 Å². The Labute approximate surface area is 217 Å². The van der Waals surface area contributed by atoms with E-state index in [0.29, 0.717) is 41.6 Å². The molecular weight excluding hydrogens is 480 g/mol. The van der Waals surface area contributed by atoms with Crippen LogP contribution in [0.1, 0.15) is 24.2 Å². The maximum Gasteiger partial charge on any atom is 0.255 e. The fourth-order valence-electron chi connectivity index (χ4n) is 3.85. The highest BCUT2D eigenvalue weighted by atomic mass is 35.5. The number of aliphatic hydroxyl groups is 2. The number of para-hydroxylation sites is 1. The van der Waals surface area contributed by atoms with Crippen molar-refractivity contribution in [1.82, 2.24) is 4.90 Å². The van der Waals surface area contributed by atoms with Crippen LogP contribution in [0.25, 0.3) is 0 Å². The van der Waals surface area contributed by atoms with Gasteiger partial charge in [-0.1, -0.05) is 54.1 Å². The molecule has 0 aliphatic heterocycles. The summed E-state index contributed by atoms with van der Waals surface area (Å²) < 4.78 is 11.0. The predicted octanol–water partition coefficient (Wildman–Crippen LogP) is 3.61. The normalized spacial score (nSPS) is 13.7. The minimum atomic E-state index is -0.780. The van der Waals surface area contributed by atoms with Crippen LogP contribution < -0.4 is 15.2 Å². The van der Waals surface area contributed by atoms with Gasteiger partial charge in [0.15, 0.2) is 6.61 Å². The van der Waals surface area contributed by atoms with Gasteiger partial charge in [0.25, 0.3) is 5.91 Å². The van der Waals surface area contributed by atoms with E-state index in [-0.39, 0.29) is 19.3 Å². The molecule has 0 saturated carbocycles. The molecule has 0 aromatic heterocycles. The summed E-state index contributed by atoms with van der Waals surface area (Å²) in [6.45, 7) is 2.63. The first-order valence-corrected chi connectivity index (χ1v) is 12.2. The SMILES string of the molecule is C[C@H](Cc1ccc(OCC(N)=O)cc1)N(C[C@H](O)COc1ccccc1)C[C@@H](O)c1cccc(Cl)c1. The summed E-state index contributed by atoms with van der Waals surface area (Å²) in [6.07, 6.45) is -0.869. The molecule has 3 rings (SSSR count). The number of halogens is 1. The highest BCUT2D eigenvalue weighted by Crippen LogP contribution is 2.22. The first kappa shape index (κ1) is 27.5. The van der Waals surface area contributed by atoms with Crippen molar-refractivity contribution >= 4 is 17.5 Å². The van der Waals surface area contributed by atoms with Gasteiger partial charge in [-0.2, -0.15) is 0 Å². The molecule has 0 aliphatic rings. The summed E-state index contributed by atoms with van der Waals surface area (Å²) in [4.78, 5) is 13.0. The standard InChI is InChI=1S/C28H33ClN2O5/c1-20(14-21-10-12-26(13-11-21)36-19-28(30)34)31(17-27(33)22-6-5-7-23(29)15-22)16-24(32)18-35-25-8-3-2-4-9-25/h2-13,15,20,24,27,32-33H,14,16-19H2,1H3,(H2,30,34)/t20-,24+,27-/m1/s1. The minimum absolute atomic E-state index is 0.0115. The largest absolute Gasteiger partial charge is 0.491 e. The van der Waals surface area contributed by atoms with Crippen LogP contribution >= 0.6 is 11.6 Å². The maximum absolute atomic E-state index is 10.9. The summed E-state index contributed by atoms with van der Waals surface area (Å²) in [5.41, 5.74) is 6.89. The number of hydrogen-bond donors (Lipinski definition) is 3. The number of nitrogens with zero attached hydrogens (tertiary/aromatic N) is 1. The molecule has 4 N–H and O–H groups in total. The Balaban J connectivity index is 1.66. The number of hydrogen-bond acceptors (Lipinski definition) is 6. The lowest BCUT2D eigenvalue weighted by molar-refractivity contribution is -0.119. The van der Waals surface area contributed by atoms with E-state index < -0.39 is 18.1 Å². The first-order valence-electron chi connectivity index (χ1n) is 11.8. The van der Waals surface area contributed by atoms with E-state index in [4.69, 9.17) is 26.8 Å². The zero-order chi connectivity index (χ0) is 25.9. The summed E-state index contributed by atoms with van der Waals surface area (Å²) in [6, 6.07) is 23.9. The molecule has 0 radical (unpaired) electrons. The zero-order valence-corrected chi connectivity index (χ0v) is 21.1. The second kappa shape index (κ2) is 13.8. The Morgan fingerprint density at radius 1 is 0.944 bits per heavy atom. The van der Waals surface area contributed by atoms with Gasteiger partial charge in [0.2, 0.25) is 0 Å². The van der Waals surface area contributed by atoms with Gasteiger partial charge in [-0.15, -0.1) is 0 Å². The van der Waals surface area contributed by atoms with E-state index in [1.54, 1.807) is 30.3 Å². The lowest BCUT2D eigenvalue weighted by Crippen LogP contribution is -2.44. The minimum Gasteiger partial charge on any atom is -0.491 e. The summed E-state index contributed by atoms with van der Waals surface area (Å²) in [5.74, 6) is 0.720. The Kier molecular flexibility index (Phi) is 10.6. The molecule has 3 aromatic rings. The molecule has 1 amide bonds. The van der Waals surface area contributed by atoms with Gasteiger partial charge in [0.05, 0.1) is 6.10 Å². The van der Waals surface area contributed by atoms with Crippen LogP contribution in [0.4, 0.5) is 0 Å². The van der Waals surface area contributed by atoms with Crippen LogP contribution in [-0.2, 0) is 11.2 Å². The van der Waals surface area contributed by atoms with Crippen LogP contribution in [0.2, 0.25) is 5.02 Å². The maximum atomic E-state index is 10.9. The van der Waals surface area contributed by atoms with Crippen LogP contribution in [0.5, 0.6) is 11.5 Å². The average Bonchev–Trinajstić information content (AvgIpc) is 2.87. The molecule has 0 bridgehead atoms. The van der Waals surface area contributed by atoms with Gasteiger partial charge in [-0.05, 0) is 60.9 Å². The number of amides is 1. The molecule has 0 heterocycles. The molecule has 7 nitrogen and oxygen atoms in total. The van der Waals surface area contributed by atoms with Crippen molar-refractivity contribution in [2.75, 3.05) is 26.3 Å². The fourth-order valence-corrected chi connectivity index (χ4v) is 4.05. The lowest BCUT2D eigenvalue weighted by atomic mass is 10.0. The number of carbonyl (C=O) groups excluding carboxylic acids is 1. The molecule has 0 aliphatic carbocycles. The highest BCUT2D eigenvalue weighted by Gasteiger charge is 2.22. The van der Waals surface area contributed by atoms with E-state index in [0.717, 1.165) is 5.56 Å². The Hall–Kier alpha value is -3.10. The van der Waals surface area contributed by atoms with Crippen molar-refractivity contribution < 1.29 is 24.5 Å². The highest BCUT2D eigenvalue weighted by molar-refractivity contribution is 6.30. The third kappa shape index (κ3) is 9.17. The number of rotatable bonds is 14. The molecular formula is C28H33ClN2O5. The monoisotopic (exact) mass is 512 g/mol. The molecule has 192 valence electrons.